The molecule has 0 fully saturated rings. The first-order valence-electron chi connectivity index (χ1n) is 7.86. The van der Waals surface area contributed by atoms with E-state index in [2.05, 4.69) is 60.3 Å². The Labute approximate surface area is 129 Å². The second kappa shape index (κ2) is 10.3. The molecule has 1 aromatic rings. The molecule has 0 aromatic carbocycles. The molecule has 0 spiro atoms. The van der Waals surface area contributed by atoms with Crippen molar-refractivity contribution in [3.8, 4) is 0 Å². The van der Waals surface area contributed by atoms with Crippen molar-refractivity contribution in [3.63, 3.8) is 0 Å². The van der Waals surface area contributed by atoms with Crippen molar-refractivity contribution in [1.82, 2.24) is 15.1 Å². The van der Waals surface area contributed by atoms with E-state index in [1.54, 1.807) is 0 Å². The van der Waals surface area contributed by atoms with E-state index < -0.39 is 0 Å². The number of thiophene rings is 1. The highest BCUT2D eigenvalue weighted by molar-refractivity contribution is 7.09. The summed E-state index contributed by atoms with van der Waals surface area (Å²) in [5.74, 6) is 0. The lowest BCUT2D eigenvalue weighted by atomic mass is 10.3. The zero-order valence-corrected chi connectivity index (χ0v) is 14.4. The molecule has 0 amide bonds. The van der Waals surface area contributed by atoms with E-state index in [0.717, 1.165) is 45.8 Å². The van der Waals surface area contributed by atoms with Gasteiger partial charge < -0.3 is 10.2 Å². The van der Waals surface area contributed by atoms with Crippen molar-refractivity contribution >= 4 is 11.3 Å². The van der Waals surface area contributed by atoms with Gasteiger partial charge in [-0.25, -0.2) is 0 Å². The SMILES string of the molecule is CCN(CC)CCNCCN(Cc1cccs1)C(C)C. The van der Waals surface area contributed by atoms with Crippen molar-refractivity contribution in [2.24, 2.45) is 0 Å². The average Bonchev–Trinajstić information content (AvgIpc) is 2.94. The lowest BCUT2D eigenvalue weighted by Gasteiger charge is -2.26. The normalized spacial score (nSPS) is 11.9. The maximum Gasteiger partial charge on any atom is 0.0331 e. The van der Waals surface area contributed by atoms with Crippen molar-refractivity contribution in [3.05, 3.63) is 22.4 Å². The molecule has 116 valence electrons. The summed E-state index contributed by atoms with van der Waals surface area (Å²) in [7, 11) is 0. The van der Waals surface area contributed by atoms with Crippen molar-refractivity contribution in [1.29, 1.82) is 0 Å². The Balaban J connectivity index is 2.19. The zero-order valence-electron chi connectivity index (χ0n) is 13.6. The summed E-state index contributed by atoms with van der Waals surface area (Å²) in [5, 5.41) is 5.73. The molecule has 1 rings (SSSR count). The highest BCUT2D eigenvalue weighted by Gasteiger charge is 2.10. The van der Waals surface area contributed by atoms with Crippen molar-refractivity contribution in [2.75, 3.05) is 39.3 Å². The molecular weight excluding hydrogens is 266 g/mol. The summed E-state index contributed by atoms with van der Waals surface area (Å²) in [5.41, 5.74) is 0. The molecule has 4 heteroatoms. The van der Waals surface area contributed by atoms with E-state index >= 15 is 0 Å². The fraction of sp³-hybridized carbons (Fsp3) is 0.750. The number of hydrogen-bond donors (Lipinski definition) is 1. The number of nitrogens with one attached hydrogen (secondary N) is 1. The number of hydrogen-bond acceptors (Lipinski definition) is 4. The Morgan fingerprint density at radius 1 is 1.15 bits per heavy atom. The van der Waals surface area contributed by atoms with E-state index in [1.165, 1.54) is 4.88 Å². The molecule has 0 unspecified atom stereocenters. The third-order valence-corrected chi connectivity index (χ3v) is 4.61. The first kappa shape index (κ1) is 17.6. The molecule has 0 bridgehead atoms. The molecule has 1 heterocycles. The Morgan fingerprint density at radius 3 is 2.40 bits per heavy atom. The predicted molar refractivity (Wildman–Crippen MR) is 90.5 cm³/mol. The average molecular weight is 298 g/mol. The largest absolute Gasteiger partial charge is 0.314 e. The molecule has 20 heavy (non-hydrogen) atoms. The summed E-state index contributed by atoms with van der Waals surface area (Å²) in [6.45, 7) is 16.8. The van der Waals surface area contributed by atoms with Crippen LogP contribution in [0.2, 0.25) is 0 Å². The van der Waals surface area contributed by atoms with Crippen LogP contribution in [0.1, 0.15) is 32.6 Å². The zero-order chi connectivity index (χ0) is 14.8. The molecule has 0 atom stereocenters. The minimum absolute atomic E-state index is 0.599. The third kappa shape index (κ3) is 6.84. The monoisotopic (exact) mass is 297 g/mol. The van der Waals surface area contributed by atoms with Gasteiger partial charge >= 0.3 is 0 Å². The minimum Gasteiger partial charge on any atom is -0.314 e. The molecule has 0 aliphatic rings. The van der Waals surface area contributed by atoms with Crippen LogP contribution in [-0.4, -0.2) is 55.1 Å². The van der Waals surface area contributed by atoms with Crippen LogP contribution in [0.5, 0.6) is 0 Å². The summed E-state index contributed by atoms with van der Waals surface area (Å²) in [6.07, 6.45) is 0. The van der Waals surface area contributed by atoms with Crippen LogP contribution < -0.4 is 5.32 Å². The van der Waals surface area contributed by atoms with Gasteiger partial charge in [-0.3, -0.25) is 4.90 Å². The van der Waals surface area contributed by atoms with E-state index in [9.17, 15) is 0 Å². The molecule has 0 radical (unpaired) electrons. The molecule has 1 aromatic heterocycles. The minimum atomic E-state index is 0.599. The number of rotatable bonds is 11. The smallest absolute Gasteiger partial charge is 0.0331 e. The van der Waals surface area contributed by atoms with Crippen LogP contribution in [0.3, 0.4) is 0 Å². The van der Waals surface area contributed by atoms with Gasteiger partial charge in [-0.05, 0) is 38.4 Å². The van der Waals surface area contributed by atoms with Crippen LogP contribution in [0.15, 0.2) is 17.5 Å². The van der Waals surface area contributed by atoms with Gasteiger partial charge in [0, 0.05) is 43.6 Å². The Bertz CT molecular complexity index is 320. The fourth-order valence-electron chi connectivity index (χ4n) is 2.25. The predicted octanol–water partition coefficient (Wildman–Crippen LogP) is 2.89. The van der Waals surface area contributed by atoms with Gasteiger partial charge in [0.05, 0.1) is 0 Å². The van der Waals surface area contributed by atoms with E-state index in [-0.39, 0.29) is 0 Å². The first-order valence-corrected chi connectivity index (χ1v) is 8.74. The Kier molecular flexibility index (Phi) is 9.10. The number of likely N-dealkylation sites (N-methyl/N-ethyl adjacent to an activating group) is 1. The van der Waals surface area contributed by atoms with Gasteiger partial charge in [0.15, 0.2) is 0 Å². The third-order valence-electron chi connectivity index (χ3n) is 3.74. The molecule has 3 nitrogen and oxygen atoms in total. The first-order chi connectivity index (χ1) is 9.67. The maximum absolute atomic E-state index is 3.57. The van der Waals surface area contributed by atoms with Gasteiger partial charge in [0.2, 0.25) is 0 Å². The molecule has 0 saturated heterocycles. The summed E-state index contributed by atoms with van der Waals surface area (Å²) >= 11 is 1.85. The second-order valence-corrected chi connectivity index (χ2v) is 6.45. The Morgan fingerprint density at radius 2 is 1.85 bits per heavy atom. The van der Waals surface area contributed by atoms with Gasteiger partial charge in [0.1, 0.15) is 0 Å². The fourth-order valence-corrected chi connectivity index (χ4v) is 2.98. The van der Waals surface area contributed by atoms with Crippen LogP contribution in [0, 0.1) is 0 Å². The molecule has 0 aliphatic heterocycles. The number of nitrogens with zero attached hydrogens (tertiary/aromatic N) is 2. The summed E-state index contributed by atoms with van der Waals surface area (Å²) < 4.78 is 0. The molecule has 0 aliphatic carbocycles. The van der Waals surface area contributed by atoms with E-state index in [4.69, 9.17) is 0 Å². The maximum atomic E-state index is 3.57. The van der Waals surface area contributed by atoms with Crippen LogP contribution >= 0.6 is 11.3 Å². The van der Waals surface area contributed by atoms with E-state index in [0.29, 0.717) is 6.04 Å². The lowest BCUT2D eigenvalue weighted by Crippen LogP contribution is -2.38. The van der Waals surface area contributed by atoms with Crippen LogP contribution in [0.4, 0.5) is 0 Å². The molecular formula is C16H31N3S. The van der Waals surface area contributed by atoms with Gasteiger partial charge in [-0.15, -0.1) is 11.3 Å². The van der Waals surface area contributed by atoms with Gasteiger partial charge in [-0.2, -0.15) is 0 Å². The summed E-state index contributed by atoms with van der Waals surface area (Å²) in [4.78, 5) is 6.46. The second-order valence-electron chi connectivity index (χ2n) is 5.42. The Hall–Kier alpha value is -0.420. The van der Waals surface area contributed by atoms with Gasteiger partial charge in [-0.1, -0.05) is 19.9 Å². The standard InChI is InChI=1S/C16H31N3S/c1-5-18(6-2)11-9-17-10-12-19(15(3)4)14-16-8-7-13-20-16/h7-8,13,15,17H,5-6,9-12,14H2,1-4H3. The van der Waals surface area contributed by atoms with Crippen LogP contribution in [-0.2, 0) is 6.54 Å². The quantitative estimate of drug-likeness (QED) is 0.634. The highest BCUT2D eigenvalue weighted by Crippen LogP contribution is 2.13. The van der Waals surface area contributed by atoms with Crippen molar-refractivity contribution < 1.29 is 0 Å². The molecule has 1 N–H and O–H groups in total. The van der Waals surface area contributed by atoms with E-state index in [1.807, 2.05) is 11.3 Å². The molecule has 0 saturated carbocycles. The van der Waals surface area contributed by atoms with Gasteiger partial charge in [0.25, 0.3) is 0 Å². The summed E-state index contributed by atoms with van der Waals surface area (Å²) in [6, 6.07) is 4.97. The van der Waals surface area contributed by atoms with Crippen molar-refractivity contribution in [2.45, 2.75) is 40.3 Å². The topological polar surface area (TPSA) is 18.5 Å². The highest BCUT2D eigenvalue weighted by atomic mass is 32.1. The lowest BCUT2D eigenvalue weighted by molar-refractivity contribution is 0.213. The van der Waals surface area contributed by atoms with Crippen LogP contribution in [0.25, 0.3) is 0 Å².